The molecule has 0 spiro atoms. The summed E-state index contributed by atoms with van der Waals surface area (Å²) in [5, 5.41) is 0. The second kappa shape index (κ2) is 5.29. The first kappa shape index (κ1) is 12.7. The Morgan fingerprint density at radius 3 is 2.71 bits per heavy atom. The van der Waals surface area contributed by atoms with Crippen LogP contribution >= 0.6 is 11.8 Å². The summed E-state index contributed by atoms with van der Waals surface area (Å²) in [6.45, 7) is 0. The molecule has 0 heterocycles. The molecule has 0 saturated heterocycles. The summed E-state index contributed by atoms with van der Waals surface area (Å²) in [6, 6.07) is 7.67. The van der Waals surface area contributed by atoms with E-state index in [9.17, 15) is 8.42 Å². The van der Waals surface area contributed by atoms with Gasteiger partial charge in [-0.1, -0.05) is 12.1 Å². The van der Waals surface area contributed by atoms with Crippen LogP contribution in [0, 0.1) is 0 Å². The lowest BCUT2D eigenvalue weighted by atomic mass is 10.3. The van der Waals surface area contributed by atoms with E-state index in [0.29, 0.717) is 11.4 Å². The van der Waals surface area contributed by atoms with E-state index in [-0.39, 0.29) is 11.8 Å². The summed E-state index contributed by atoms with van der Waals surface area (Å²) < 4.78 is 25.9. The van der Waals surface area contributed by atoms with Crippen molar-refractivity contribution in [1.29, 1.82) is 0 Å². The number of sulfonamides is 1. The number of nitrogen functional groups attached to an aromatic ring is 1. The number of hydrogen-bond acceptors (Lipinski definition) is 4. The quantitative estimate of drug-likeness (QED) is 0.607. The van der Waals surface area contributed by atoms with Gasteiger partial charge in [-0.3, -0.25) is 0 Å². The highest BCUT2D eigenvalue weighted by Crippen LogP contribution is 2.25. The number of thioether (sulfide) groups is 1. The molecule has 0 aromatic heterocycles. The van der Waals surface area contributed by atoms with E-state index in [2.05, 4.69) is 4.72 Å². The minimum Gasteiger partial charge on any atom is -0.398 e. The molecule has 2 rings (SSSR count). The zero-order valence-corrected chi connectivity index (χ0v) is 11.1. The van der Waals surface area contributed by atoms with Crippen LogP contribution in [0.1, 0.15) is 12.8 Å². The molecule has 0 amide bonds. The molecule has 1 aromatic carbocycles. The van der Waals surface area contributed by atoms with Gasteiger partial charge in [0.1, 0.15) is 0 Å². The Labute approximate surface area is 106 Å². The zero-order valence-electron chi connectivity index (χ0n) is 9.43. The summed E-state index contributed by atoms with van der Waals surface area (Å²) in [4.78, 5) is 0.939. The molecule has 1 saturated carbocycles. The van der Waals surface area contributed by atoms with Crippen LogP contribution < -0.4 is 10.5 Å². The Bertz CT molecular complexity index is 484. The molecule has 0 radical (unpaired) electrons. The summed E-state index contributed by atoms with van der Waals surface area (Å²) in [6.07, 6.45) is 1.94. The average Bonchev–Trinajstić information content (AvgIpc) is 3.04. The Kier molecular flexibility index (Phi) is 3.96. The maximum atomic E-state index is 11.6. The largest absolute Gasteiger partial charge is 0.398 e. The smallest absolute Gasteiger partial charge is 0.212 e. The fourth-order valence-corrected chi connectivity index (χ4v) is 4.09. The lowest BCUT2D eigenvalue weighted by Gasteiger charge is -2.06. The van der Waals surface area contributed by atoms with Gasteiger partial charge in [-0.05, 0) is 25.0 Å². The Morgan fingerprint density at radius 2 is 2.06 bits per heavy atom. The molecule has 3 N–H and O–H groups in total. The van der Waals surface area contributed by atoms with Gasteiger partial charge in [0.25, 0.3) is 0 Å². The van der Waals surface area contributed by atoms with Crippen molar-refractivity contribution >= 4 is 27.5 Å². The van der Waals surface area contributed by atoms with Crippen molar-refractivity contribution in [3.8, 4) is 0 Å². The van der Waals surface area contributed by atoms with Gasteiger partial charge in [0, 0.05) is 22.4 Å². The Hall–Kier alpha value is -0.720. The van der Waals surface area contributed by atoms with E-state index in [4.69, 9.17) is 5.73 Å². The summed E-state index contributed by atoms with van der Waals surface area (Å²) >= 11 is 1.48. The van der Waals surface area contributed by atoms with Crippen molar-refractivity contribution in [3.63, 3.8) is 0 Å². The third-order valence-electron chi connectivity index (χ3n) is 2.45. The molecule has 1 aromatic rings. The molecule has 1 fully saturated rings. The molecule has 94 valence electrons. The summed E-state index contributed by atoms with van der Waals surface area (Å²) in [7, 11) is -3.11. The van der Waals surface area contributed by atoms with Crippen molar-refractivity contribution in [2.24, 2.45) is 0 Å². The Balaban J connectivity index is 1.81. The van der Waals surface area contributed by atoms with Gasteiger partial charge in [-0.2, -0.15) is 0 Å². The van der Waals surface area contributed by atoms with Crippen molar-refractivity contribution in [3.05, 3.63) is 24.3 Å². The van der Waals surface area contributed by atoms with Crippen molar-refractivity contribution in [2.75, 3.05) is 17.2 Å². The molecule has 1 aliphatic carbocycles. The molecule has 0 atom stereocenters. The number of rotatable bonds is 6. The van der Waals surface area contributed by atoms with Crippen LogP contribution in [0.15, 0.2) is 29.2 Å². The normalized spacial score (nSPS) is 16.0. The molecular weight excluding hydrogens is 256 g/mol. The molecular formula is C11H16N2O2S2. The van der Waals surface area contributed by atoms with E-state index < -0.39 is 10.0 Å². The van der Waals surface area contributed by atoms with Crippen molar-refractivity contribution in [2.45, 2.75) is 23.8 Å². The first-order chi connectivity index (χ1) is 8.07. The average molecular weight is 272 g/mol. The topological polar surface area (TPSA) is 72.2 Å². The molecule has 0 aliphatic heterocycles. The predicted molar refractivity (Wildman–Crippen MR) is 71.5 cm³/mol. The van der Waals surface area contributed by atoms with Crippen LogP contribution in [0.2, 0.25) is 0 Å². The van der Waals surface area contributed by atoms with Gasteiger partial charge in [-0.15, -0.1) is 11.8 Å². The van der Waals surface area contributed by atoms with Crippen LogP contribution in [0.3, 0.4) is 0 Å². The van der Waals surface area contributed by atoms with Gasteiger partial charge in [0.2, 0.25) is 10.0 Å². The summed E-state index contributed by atoms with van der Waals surface area (Å²) in [5.74, 6) is 0.665. The summed E-state index contributed by atoms with van der Waals surface area (Å²) in [5.41, 5.74) is 6.47. The fraction of sp³-hybridized carbons (Fsp3) is 0.455. The first-order valence-corrected chi connectivity index (χ1v) is 8.18. The number of anilines is 1. The van der Waals surface area contributed by atoms with Crippen LogP contribution in [0.4, 0.5) is 5.69 Å². The highest BCUT2D eigenvalue weighted by atomic mass is 32.2. The predicted octanol–water partition coefficient (Wildman–Crippen LogP) is 1.44. The highest BCUT2D eigenvalue weighted by Gasteiger charge is 2.26. The van der Waals surface area contributed by atoms with E-state index >= 15 is 0 Å². The number of benzene rings is 1. The third kappa shape index (κ3) is 4.22. The van der Waals surface area contributed by atoms with Gasteiger partial charge < -0.3 is 5.73 Å². The Morgan fingerprint density at radius 1 is 1.35 bits per heavy atom. The molecule has 1 aliphatic rings. The number of hydrogen-bond donors (Lipinski definition) is 2. The minimum atomic E-state index is -3.11. The van der Waals surface area contributed by atoms with E-state index in [0.717, 1.165) is 17.7 Å². The van der Waals surface area contributed by atoms with E-state index in [1.807, 2.05) is 24.3 Å². The maximum absolute atomic E-state index is 11.6. The monoisotopic (exact) mass is 272 g/mol. The van der Waals surface area contributed by atoms with Gasteiger partial charge >= 0.3 is 0 Å². The number of nitrogens with one attached hydrogen (secondary N) is 1. The maximum Gasteiger partial charge on any atom is 0.212 e. The van der Waals surface area contributed by atoms with Crippen LogP contribution in [0.5, 0.6) is 0 Å². The van der Waals surface area contributed by atoms with Crippen LogP contribution in [0.25, 0.3) is 0 Å². The van der Waals surface area contributed by atoms with E-state index in [1.54, 1.807) is 0 Å². The lowest BCUT2D eigenvalue weighted by Crippen LogP contribution is -2.29. The minimum absolute atomic E-state index is 0.141. The molecule has 0 unspecified atom stereocenters. The molecule has 4 nitrogen and oxygen atoms in total. The van der Waals surface area contributed by atoms with Gasteiger partial charge in [0.05, 0.1) is 5.75 Å². The van der Waals surface area contributed by atoms with Gasteiger partial charge in [-0.25, -0.2) is 13.1 Å². The SMILES string of the molecule is Nc1ccccc1SCCS(=O)(=O)NC1CC1. The second-order valence-corrected chi connectivity index (χ2v) is 7.11. The van der Waals surface area contributed by atoms with E-state index in [1.165, 1.54) is 11.8 Å². The first-order valence-electron chi connectivity index (χ1n) is 5.54. The second-order valence-electron chi connectivity index (χ2n) is 4.10. The molecule has 6 heteroatoms. The van der Waals surface area contributed by atoms with Gasteiger partial charge in [0.15, 0.2) is 0 Å². The number of para-hydroxylation sites is 1. The van der Waals surface area contributed by atoms with Crippen molar-refractivity contribution < 1.29 is 8.42 Å². The van der Waals surface area contributed by atoms with Crippen LogP contribution in [-0.4, -0.2) is 26.0 Å². The third-order valence-corrected chi connectivity index (χ3v) is 5.24. The highest BCUT2D eigenvalue weighted by molar-refractivity contribution is 8.00. The molecule has 0 bridgehead atoms. The lowest BCUT2D eigenvalue weighted by molar-refractivity contribution is 0.582. The standard InChI is InChI=1S/C11H16N2O2S2/c12-10-3-1-2-4-11(10)16-7-8-17(14,15)13-9-5-6-9/h1-4,9,13H,5-8,12H2. The van der Waals surface area contributed by atoms with Crippen molar-refractivity contribution in [1.82, 2.24) is 4.72 Å². The van der Waals surface area contributed by atoms with Crippen LogP contribution in [-0.2, 0) is 10.0 Å². The zero-order chi connectivity index (χ0) is 12.3. The fourth-order valence-electron chi connectivity index (χ4n) is 1.39. The molecule has 17 heavy (non-hydrogen) atoms. The number of nitrogens with two attached hydrogens (primary N) is 1.